The standard InChI is InChI=1S/C22H25BrN4O5S/c1-3-31-16-7-5-15(6-8-16)24-19(28)10-11-20(29)26-27-22(33)25-21(30)13-32-18-9-4-14(2)12-17(18)23/h4-9,12H,3,10-11,13H2,1-2H3,(H,24,28)(H,26,29)(H2,25,27,30,33). The molecule has 0 spiro atoms. The fraction of sp³-hybridized carbons (Fsp3) is 0.273. The van der Waals surface area contributed by atoms with Crippen LogP contribution in [0.3, 0.4) is 0 Å². The van der Waals surface area contributed by atoms with Gasteiger partial charge in [0, 0.05) is 18.5 Å². The van der Waals surface area contributed by atoms with Crippen LogP contribution in [0.1, 0.15) is 25.3 Å². The van der Waals surface area contributed by atoms with Crippen LogP contribution in [0.5, 0.6) is 11.5 Å². The lowest BCUT2D eigenvalue weighted by Crippen LogP contribution is -2.49. The molecule has 33 heavy (non-hydrogen) atoms. The molecule has 0 bridgehead atoms. The number of carbonyl (C=O) groups is 3. The Morgan fingerprint density at radius 2 is 1.64 bits per heavy atom. The van der Waals surface area contributed by atoms with Crippen molar-refractivity contribution in [3.05, 3.63) is 52.5 Å². The van der Waals surface area contributed by atoms with Gasteiger partial charge < -0.3 is 14.8 Å². The minimum absolute atomic E-state index is 0.0287. The summed E-state index contributed by atoms with van der Waals surface area (Å²) in [6.07, 6.45) is -0.101. The summed E-state index contributed by atoms with van der Waals surface area (Å²) in [5.74, 6) is -0.0492. The predicted molar refractivity (Wildman–Crippen MR) is 132 cm³/mol. The summed E-state index contributed by atoms with van der Waals surface area (Å²) in [4.78, 5) is 35.9. The van der Waals surface area contributed by atoms with Crippen molar-refractivity contribution in [1.82, 2.24) is 16.2 Å². The van der Waals surface area contributed by atoms with Gasteiger partial charge in [-0.25, -0.2) is 0 Å². The number of rotatable bonds is 9. The number of anilines is 1. The van der Waals surface area contributed by atoms with Crippen LogP contribution in [0.2, 0.25) is 0 Å². The van der Waals surface area contributed by atoms with Crippen molar-refractivity contribution < 1.29 is 23.9 Å². The van der Waals surface area contributed by atoms with Crippen molar-refractivity contribution in [2.45, 2.75) is 26.7 Å². The lowest BCUT2D eigenvalue weighted by atomic mass is 10.2. The van der Waals surface area contributed by atoms with Crippen LogP contribution >= 0.6 is 28.1 Å². The average molecular weight is 537 g/mol. The van der Waals surface area contributed by atoms with Gasteiger partial charge in [-0.2, -0.15) is 0 Å². The third-order valence-electron chi connectivity index (χ3n) is 4.04. The van der Waals surface area contributed by atoms with E-state index in [0.29, 0.717) is 23.8 Å². The minimum Gasteiger partial charge on any atom is -0.494 e. The number of hydrazine groups is 1. The number of hydrogen-bond acceptors (Lipinski definition) is 6. The average Bonchev–Trinajstić information content (AvgIpc) is 2.77. The van der Waals surface area contributed by atoms with E-state index in [0.717, 1.165) is 10.0 Å². The van der Waals surface area contributed by atoms with Crippen LogP contribution in [0.4, 0.5) is 5.69 Å². The van der Waals surface area contributed by atoms with E-state index in [1.807, 2.05) is 26.0 Å². The normalized spacial score (nSPS) is 10.0. The van der Waals surface area contributed by atoms with Gasteiger partial charge in [-0.3, -0.25) is 30.6 Å². The lowest BCUT2D eigenvalue weighted by Gasteiger charge is -2.12. The first-order chi connectivity index (χ1) is 15.8. The molecule has 2 rings (SSSR count). The molecule has 0 fully saturated rings. The zero-order valence-corrected chi connectivity index (χ0v) is 20.6. The van der Waals surface area contributed by atoms with Crippen molar-refractivity contribution in [1.29, 1.82) is 0 Å². The van der Waals surface area contributed by atoms with E-state index >= 15 is 0 Å². The molecular weight excluding hydrogens is 512 g/mol. The summed E-state index contributed by atoms with van der Waals surface area (Å²) in [7, 11) is 0. The van der Waals surface area contributed by atoms with Crippen molar-refractivity contribution in [3.8, 4) is 11.5 Å². The molecule has 2 aromatic rings. The Balaban J connectivity index is 1.63. The van der Waals surface area contributed by atoms with Gasteiger partial charge in [0.2, 0.25) is 11.8 Å². The zero-order chi connectivity index (χ0) is 24.2. The highest BCUT2D eigenvalue weighted by atomic mass is 79.9. The van der Waals surface area contributed by atoms with E-state index in [1.165, 1.54) is 0 Å². The second-order valence-electron chi connectivity index (χ2n) is 6.78. The van der Waals surface area contributed by atoms with Gasteiger partial charge in [0.1, 0.15) is 11.5 Å². The Morgan fingerprint density at radius 3 is 2.30 bits per heavy atom. The van der Waals surface area contributed by atoms with E-state index in [2.05, 4.69) is 37.4 Å². The van der Waals surface area contributed by atoms with Crippen LogP contribution < -0.4 is 31.0 Å². The van der Waals surface area contributed by atoms with Gasteiger partial charge in [-0.05, 0) is 84.0 Å². The Kier molecular flexibility index (Phi) is 10.6. The van der Waals surface area contributed by atoms with E-state index in [1.54, 1.807) is 30.3 Å². The fourth-order valence-electron chi connectivity index (χ4n) is 2.50. The molecule has 0 saturated carbocycles. The van der Waals surface area contributed by atoms with Crippen LogP contribution in [-0.2, 0) is 14.4 Å². The molecule has 0 aliphatic heterocycles. The largest absolute Gasteiger partial charge is 0.494 e. The van der Waals surface area contributed by atoms with E-state index in [-0.39, 0.29) is 30.5 Å². The summed E-state index contributed by atoms with van der Waals surface area (Å²) in [6, 6.07) is 12.4. The van der Waals surface area contributed by atoms with Gasteiger partial charge in [0.25, 0.3) is 5.91 Å². The van der Waals surface area contributed by atoms with Crippen LogP contribution in [-0.4, -0.2) is 36.0 Å². The summed E-state index contributed by atoms with van der Waals surface area (Å²) in [6.45, 7) is 4.12. The first-order valence-corrected chi connectivity index (χ1v) is 11.3. The molecule has 3 amide bonds. The number of carbonyl (C=O) groups excluding carboxylic acids is 3. The summed E-state index contributed by atoms with van der Waals surface area (Å²) >= 11 is 8.33. The maximum atomic E-state index is 12.0. The molecule has 0 atom stereocenters. The summed E-state index contributed by atoms with van der Waals surface area (Å²) in [5, 5.41) is 4.98. The molecule has 0 aliphatic rings. The third kappa shape index (κ3) is 9.87. The van der Waals surface area contributed by atoms with Gasteiger partial charge in [0.05, 0.1) is 11.1 Å². The van der Waals surface area contributed by atoms with E-state index < -0.39 is 11.8 Å². The number of thiocarbonyl (C=S) groups is 1. The lowest BCUT2D eigenvalue weighted by molar-refractivity contribution is -0.125. The Morgan fingerprint density at radius 1 is 0.939 bits per heavy atom. The Bertz CT molecular complexity index is 1000. The van der Waals surface area contributed by atoms with Crippen LogP contribution in [0, 0.1) is 6.92 Å². The monoisotopic (exact) mass is 536 g/mol. The fourth-order valence-corrected chi connectivity index (χ4v) is 3.27. The third-order valence-corrected chi connectivity index (χ3v) is 4.87. The highest BCUT2D eigenvalue weighted by molar-refractivity contribution is 9.10. The molecular formula is C22H25BrN4O5S. The molecule has 0 radical (unpaired) electrons. The molecule has 176 valence electrons. The smallest absolute Gasteiger partial charge is 0.264 e. The van der Waals surface area contributed by atoms with Crippen molar-refractivity contribution >= 4 is 56.7 Å². The number of aryl methyl sites for hydroxylation is 1. The Hall–Kier alpha value is -3.18. The molecule has 2 aromatic carbocycles. The molecule has 11 heteroatoms. The topological polar surface area (TPSA) is 118 Å². The molecule has 0 heterocycles. The zero-order valence-electron chi connectivity index (χ0n) is 18.2. The number of amides is 3. The van der Waals surface area contributed by atoms with Crippen LogP contribution in [0.25, 0.3) is 0 Å². The molecule has 0 unspecified atom stereocenters. The second-order valence-corrected chi connectivity index (χ2v) is 8.04. The number of halogens is 1. The van der Waals surface area contributed by atoms with Crippen molar-refractivity contribution in [2.24, 2.45) is 0 Å². The van der Waals surface area contributed by atoms with Crippen LogP contribution in [0.15, 0.2) is 46.9 Å². The number of hydrogen-bond donors (Lipinski definition) is 4. The van der Waals surface area contributed by atoms with Gasteiger partial charge in [-0.1, -0.05) is 6.07 Å². The highest BCUT2D eigenvalue weighted by Gasteiger charge is 2.10. The maximum Gasteiger partial charge on any atom is 0.264 e. The summed E-state index contributed by atoms with van der Waals surface area (Å²) < 4.78 is 11.5. The second kappa shape index (κ2) is 13.4. The molecule has 4 N–H and O–H groups in total. The highest BCUT2D eigenvalue weighted by Crippen LogP contribution is 2.25. The van der Waals surface area contributed by atoms with Gasteiger partial charge >= 0.3 is 0 Å². The van der Waals surface area contributed by atoms with Gasteiger partial charge in [0.15, 0.2) is 11.7 Å². The van der Waals surface area contributed by atoms with E-state index in [4.69, 9.17) is 21.7 Å². The number of ether oxygens (including phenoxy) is 2. The SMILES string of the molecule is CCOc1ccc(NC(=O)CCC(=O)NNC(=S)NC(=O)COc2ccc(C)cc2Br)cc1. The quantitative estimate of drug-likeness (QED) is 0.287. The first kappa shape index (κ1) is 26.1. The number of benzene rings is 2. The molecule has 0 aliphatic carbocycles. The minimum atomic E-state index is -0.496. The Labute approximate surface area is 205 Å². The summed E-state index contributed by atoms with van der Waals surface area (Å²) in [5.41, 5.74) is 6.39. The van der Waals surface area contributed by atoms with Crippen molar-refractivity contribution in [3.63, 3.8) is 0 Å². The predicted octanol–water partition coefficient (Wildman–Crippen LogP) is 2.98. The molecule has 0 aromatic heterocycles. The maximum absolute atomic E-state index is 12.0. The molecule has 9 nitrogen and oxygen atoms in total. The van der Waals surface area contributed by atoms with Gasteiger partial charge in [-0.15, -0.1) is 0 Å². The number of nitrogens with one attached hydrogen (secondary N) is 4. The molecule has 0 saturated heterocycles. The van der Waals surface area contributed by atoms with E-state index in [9.17, 15) is 14.4 Å². The first-order valence-electron chi connectivity index (χ1n) is 10.1. The van der Waals surface area contributed by atoms with Crippen molar-refractivity contribution in [2.75, 3.05) is 18.5 Å².